The molecule has 0 unspecified atom stereocenters. The summed E-state index contributed by atoms with van der Waals surface area (Å²) in [6.07, 6.45) is 0. The molecule has 0 saturated heterocycles. The highest BCUT2D eigenvalue weighted by molar-refractivity contribution is 7.99. The lowest BCUT2D eigenvalue weighted by atomic mass is 10.2. The zero-order chi connectivity index (χ0) is 22.8. The van der Waals surface area contributed by atoms with Crippen molar-refractivity contribution < 1.29 is 5.11 Å². The fourth-order valence-electron chi connectivity index (χ4n) is 3.43. The molecule has 0 amide bonds. The third-order valence-corrected chi connectivity index (χ3v) is 7.01. The summed E-state index contributed by atoms with van der Waals surface area (Å²) in [5.41, 5.74) is 1.97. The molecular formula is C25H16N4O2S2. The Morgan fingerprint density at radius 1 is 0.970 bits per heavy atom. The maximum Gasteiger partial charge on any atom is 0.266 e. The predicted octanol–water partition coefficient (Wildman–Crippen LogP) is 5.58. The number of para-hydroxylation sites is 3. The number of thiazole rings is 1. The molecule has 6 nitrogen and oxygen atoms in total. The first-order valence-electron chi connectivity index (χ1n) is 10.0. The molecular weight excluding hydrogens is 452 g/mol. The standard InChI is InChI=1S/C25H16N4O2S2/c26-14-18(23-27-20-12-6-7-13-22(20)33-23)21(30)15-32-25-28-19-11-5-4-10-17(19)24(31)29(25)16-8-2-1-3-9-16/h1-13,30H,15H2/b21-18-. The highest BCUT2D eigenvalue weighted by atomic mass is 32.2. The van der Waals surface area contributed by atoms with E-state index in [0.29, 0.717) is 26.8 Å². The summed E-state index contributed by atoms with van der Waals surface area (Å²) in [6.45, 7) is 0. The van der Waals surface area contributed by atoms with Gasteiger partial charge in [0.1, 0.15) is 22.4 Å². The number of allylic oxidation sites excluding steroid dienone is 1. The van der Waals surface area contributed by atoms with Crippen molar-refractivity contribution in [2.75, 3.05) is 5.75 Å². The molecule has 2 aromatic heterocycles. The molecule has 33 heavy (non-hydrogen) atoms. The van der Waals surface area contributed by atoms with E-state index in [-0.39, 0.29) is 22.6 Å². The van der Waals surface area contributed by atoms with Crippen LogP contribution in [0.4, 0.5) is 0 Å². The van der Waals surface area contributed by atoms with Gasteiger partial charge < -0.3 is 5.11 Å². The topological polar surface area (TPSA) is 91.8 Å². The Bertz CT molecular complexity index is 1580. The summed E-state index contributed by atoms with van der Waals surface area (Å²) in [7, 11) is 0. The van der Waals surface area contributed by atoms with Crippen LogP contribution in [0, 0.1) is 11.3 Å². The minimum Gasteiger partial charge on any atom is -0.510 e. The van der Waals surface area contributed by atoms with Crippen molar-refractivity contribution in [3.63, 3.8) is 0 Å². The van der Waals surface area contributed by atoms with Gasteiger partial charge in [-0.1, -0.05) is 54.2 Å². The number of nitrogens with zero attached hydrogens (tertiary/aromatic N) is 4. The van der Waals surface area contributed by atoms with E-state index in [4.69, 9.17) is 0 Å². The number of hydrogen-bond acceptors (Lipinski definition) is 7. The minimum atomic E-state index is -0.190. The van der Waals surface area contributed by atoms with Gasteiger partial charge in [-0.25, -0.2) is 9.97 Å². The van der Waals surface area contributed by atoms with Gasteiger partial charge in [0, 0.05) is 0 Å². The summed E-state index contributed by atoms with van der Waals surface area (Å²) in [6, 6.07) is 26.1. The molecule has 3 aromatic carbocycles. The fourth-order valence-corrected chi connectivity index (χ4v) is 5.31. The Morgan fingerprint density at radius 2 is 1.67 bits per heavy atom. The van der Waals surface area contributed by atoms with Crippen LogP contribution in [0.2, 0.25) is 0 Å². The lowest BCUT2D eigenvalue weighted by Gasteiger charge is -2.13. The minimum absolute atomic E-state index is 0.0659. The number of nitriles is 1. The van der Waals surface area contributed by atoms with Crippen molar-refractivity contribution in [1.82, 2.24) is 14.5 Å². The van der Waals surface area contributed by atoms with Crippen LogP contribution in [0.15, 0.2) is 94.6 Å². The van der Waals surface area contributed by atoms with E-state index in [1.165, 1.54) is 27.7 Å². The molecule has 2 heterocycles. The number of aliphatic hydroxyl groups excluding tert-OH is 1. The highest BCUT2D eigenvalue weighted by Gasteiger charge is 2.17. The first-order chi connectivity index (χ1) is 16.2. The Kier molecular flexibility index (Phi) is 5.65. The molecule has 1 N–H and O–H groups in total. The van der Waals surface area contributed by atoms with Gasteiger partial charge in [0.2, 0.25) is 0 Å². The maximum absolute atomic E-state index is 13.3. The van der Waals surface area contributed by atoms with Crippen molar-refractivity contribution >= 4 is 49.8 Å². The van der Waals surface area contributed by atoms with E-state index < -0.39 is 0 Å². The van der Waals surface area contributed by atoms with Gasteiger partial charge >= 0.3 is 0 Å². The molecule has 0 aliphatic carbocycles. The van der Waals surface area contributed by atoms with E-state index in [2.05, 4.69) is 16.0 Å². The predicted molar refractivity (Wildman–Crippen MR) is 133 cm³/mol. The SMILES string of the molecule is N#C/C(=C(/O)CSc1nc2ccccc2c(=O)n1-c1ccccc1)c1nc2ccccc2s1. The molecule has 0 bridgehead atoms. The molecule has 5 rings (SSSR count). The average Bonchev–Trinajstić information content (AvgIpc) is 3.27. The normalized spacial score (nSPS) is 12.0. The largest absolute Gasteiger partial charge is 0.510 e. The van der Waals surface area contributed by atoms with Gasteiger partial charge in [-0.3, -0.25) is 9.36 Å². The zero-order valence-electron chi connectivity index (χ0n) is 17.2. The molecule has 0 radical (unpaired) electrons. The highest BCUT2D eigenvalue weighted by Crippen LogP contribution is 2.30. The van der Waals surface area contributed by atoms with E-state index in [1.54, 1.807) is 18.2 Å². The van der Waals surface area contributed by atoms with Gasteiger partial charge in [-0.2, -0.15) is 5.26 Å². The number of hydrogen-bond donors (Lipinski definition) is 1. The van der Waals surface area contributed by atoms with Crippen LogP contribution in [0.3, 0.4) is 0 Å². The molecule has 160 valence electrons. The molecule has 0 saturated carbocycles. The van der Waals surface area contributed by atoms with E-state index in [1.807, 2.05) is 60.7 Å². The van der Waals surface area contributed by atoms with E-state index in [9.17, 15) is 15.2 Å². The van der Waals surface area contributed by atoms with E-state index >= 15 is 0 Å². The third kappa shape index (κ3) is 4.00. The van der Waals surface area contributed by atoms with Crippen LogP contribution in [-0.2, 0) is 0 Å². The van der Waals surface area contributed by atoms with Crippen LogP contribution >= 0.6 is 23.1 Å². The first kappa shape index (κ1) is 20.9. The smallest absolute Gasteiger partial charge is 0.266 e. The third-order valence-electron chi connectivity index (χ3n) is 5.01. The molecule has 0 aliphatic heterocycles. The fraction of sp³-hybridized carbons (Fsp3) is 0.0400. The van der Waals surface area contributed by atoms with Crippen LogP contribution < -0.4 is 5.56 Å². The van der Waals surface area contributed by atoms with E-state index in [0.717, 1.165) is 10.2 Å². The average molecular weight is 469 g/mol. The second-order valence-electron chi connectivity index (χ2n) is 7.10. The quantitative estimate of drug-likeness (QED) is 0.157. The van der Waals surface area contributed by atoms with Crippen molar-refractivity contribution in [3.8, 4) is 11.8 Å². The van der Waals surface area contributed by atoms with Crippen molar-refractivity contribution in [1.29, 1.82) is 5.26 Å². The number of aliphatic hydroxyl groups is 1. The Balaban J connectivity index is 1.56. The van der Waals surface area contributed by atoms with Crippen molar-refractivity contribution in [2.45, 2.75) is 5.16 Å². The molecule has 0 spiro atoms. The molecule has 0 atom stereocenters. The second-order valence-corrected chi connectivity index (χ2v) is 9.07. The van der Waals surface area contributed by atoms with Crippen LogP contribution in [0.25, 0.3) is 32.4 Å². The van der Waals surface area contributed by atoms with Gasteiger partial charge in [-0.05, 0) is 36.4 Å². The van der Waals surface area contributed by atoms with Gasteiger partial charge in [0.25, 0.3) is 5.56 Å². The number of fused-ring (bicyclic) bond motifs is 2. The Hall–Kier alpha value is -3.93. The monoisotopic (exact) mass is 468 g/mol. The molecule has 5 aromatic rings. The summed E-state index contributed by atoms with van der Waals surface area (Å²) in [5, 5.41) is 21.9. The molecule has 8 heteroatoms. The summed E-state index contributed by atoms with van der Waals surface area (Å²) in [4.78, 5) is 22.4. The number of thioether (sulfide) groups is 1. The number of rotatable bonds is 5. The van der Waals surface area contributed by atoms with Crippen LogP contribution in [0.5, 0.6) is 0 Å². The van der Waals surface area contributed by atoms with Crippen LogP contribution in [-0.4, -0.2) is 25.4 Å². The zero-order valence-corrected chi connectivity index (χ0v) is 18.8. The van der Waals surface area contributed by atoms with Crippen molar-refractivity contribution in [2.24, 2.45) is 0 Å². The summed E-state index contributed by atoms with van der Waals surface area (Å²) >= 11 is 2.55. The second kappa shape index (κ2) is 8.90. The summed E-state index contributed by atoms with van der Waals surface area (Å²) in [5.74, 6) is -0.0419. The maximum atomic E-state index is 13.3. The number of benzene rings is 3. The number of aromatic nitrogens is 3. The van der Waals surface area contributed by atoms with Gasteiger partial charge in [0.05, 0.1) is 32.6 Å². The van der Waals surface area contributed by atoms with Crippen LogP contribution in [0.1, 0.15) is 5.01 Å². The summed E-state index contributed by atoms with van der Waals surface area (Å²) < 4.78 is 2.47. The first-order valence-corrected chi connectivity index (χ1v) is 11.8. The Labute approximate surface area is 197 Å². The molecule has 0 fully saturated rings. The van der Waals surface area contributed by atoms with Gasteiger partial charge in [-0.15, -0.1) is 11.3 Å². The lowest BCUT2D eigenvalue weighted by molar-refractivity contribution is 0.420. The van der Waals surface area contributed by atoms with Crippen molar-refractivity contribution in [3.05, 3.63) is 100.0 Å². The lowest BCUT2D eigenvalue weighted by Crippen LogP contribution is -2.21. The van der Waals surface area contributed by atoms with Gasteiger partial charge in [0.15, 0.2) is 5.16 Å². The Morgan fingerprint density at radius 3 is 2.42 bits per heavy atom. The molecule has 0 aliphatic rings.